The van der Waals surface area contributed by atoms with Crippen molar-refractivity contribution in [3.8, 4) is 0 Å². The highest BCUT2D eigenvalue weighted by Crippen LogP contribution is 2.37. The minimum absolute atomic E-state index is 0.0925. The van der Waals surface area contributed by atoms with Crippen LogP contribution in [0, 0.1) is 11.3 Å². The van der Waals surface area contributed by atoms with Gasteiger partial charge in [0.05, 0.1) is 6.10 Å². The zero-order valence-corrected chi connectivity index (χ0v) is 11.5. The summed E-state index contributed by atoms with van der Waals surface area (Å²) in [5.41, 5.74) is 0.0925. The summed E-state index contributed by atoms with van der Waals surface area (Å²) < 4.78 is 5.68. The molecule has 2 rings (SSSR count). The van der Waals surface area contributed by atoms with Crippen molar-refractivity contribution in [2.75, 3.05) is 26.2 Å². The number of aliphatic carboxylic acids is 1. The molecule has 0 aliphatic carbocycles. The Morgan fingerprint density at radius 2 is 2.22 bits per heavy atom. The van der Waals surface area contributed by atoms with Gasteiger partial charge in [-0.1, -0.05) is 13.8 Å². The van der Waals surface area contributed by atoms with Gasteiger partial charge in [0.2, 0.25) is 0 Å². The first-order valence-electron chi connectivity index (χ1n) is 7.03. The zero-order chi connectivity index (χ0) is 13.2. The lowest BCUT2D eigenvalue weighted by Gasteiger charge is -2.44. The van der Waals surface area contributed by atoms with Crippen LogP contribution in [0.5, 0.6) is 0 Å². The maximum atomic E-state index is 10.9. The van der Waals surface area contributed by atoms with Gasteiger partial charge in [0.25, 0.3) is 0 Å². The van der Waals surface area contributed by atoms with Crippen LogP contribution in [0.2, 0.25) is 0 Å². The minimum Gasteiger partial charge on any atom is -0.481 e. The Kier molecular flexibility index (Phi) is 4.28. The van der Waals surface area contributed by atoms with E-state index < -0.39 is 5.97 Å². The molecule has 4 heteroatoms. The topological polar surface area (TPSA) is 49.8 Å². The van der Waals surface area contributed by atoms with Gasteiger partial charge < -0.3 is 14.7 Å². The van der Waals surface area contributed by atoms with Crippen molar-refractivity contribution in [3.63, 3.8) is 0 Å². The number of likely N-dealkylation sites (tertiary alicyclic amines) is 1. The highest BCUT2D eigenvalue weighted by Gasteiger charge is 2.37. The van der Waals surface area contributed by atoms with Crippen LogP contribution < -0.4 is 0 Å². The summed E-state index contributed by atoms with van der Waals surface area (Å²) in [6.07, 6.45) is 4.06. The molecule has 18 heavy (non-hydrogen) atoms. The molecule has 2 aliphatic rings. The van der Waals surface area contributed by atoms with Crippen molar-refractivity contribution in [1.29, 1.82) is 0 Å². The normalized spacial score (nSPS) is 32.6. The van der Waals surface area contributed by atoms with Crippen molar-refractivity contribution in [3.05, 3.63) is 0 Å². The molecule has 2 unspecified atom stereocenters. The largest absolute Gasteiger partial charge is 0.481 e. The van der Waals surface area contributed by atoms with Crippen LogP contribution in [-0.2, 0) is 9.53 Å². The van der Waals surface area contributed by atoms with Crippen molar-refractivity contribution in [2.24, 2.45) is 11.3 Å². The van der Waals surface area contributed by atoms with Crippen molar-refractivity contribution in [1.82, 2.24) is 4.90 Å². The monoisotopic (exact) mass is 255 g/mol. The van der Waals surface area contributed by atoms with Gasteiger partial charge in [-0.25, -0.2) is 0 Å². The highest BCUT2D eigenvalue weighted by molar-refractivity contribution is 5.67. The van der Waals surface area contributed by atoms with E-state index in [1.807, 2.05) is 0 Å². The molecule has 0 radical (unpaired) electrons. The second-order valence-electron chi connectivity index (χ2n) is 6.44. The lowest BCUT2D eigenvalue weighted by Crippen LogP contribution is -2.48. The molecule has 0 amide bonds. The minimum atomic E-state index is -0.666. The Morgan fingerprint density at radius 3 is 2.78 bits per heavy atom. The Labute approximate surface area is 109 Å². The van der Waals surface area contributed by atoms with E-state index in [9.17, 15) is 4.79 Å². The molecule has 0 bridgehead atoms. The number of ether oxygens (including phenoxy) is 1. The molecule has 4 nitrogen and oxygen atoms in total. The summed E-state index contributed by atoms with van der Waals surface area (Å²) in [6.45, 7) is 8.32. The van der Waals surface area contributed by atoms with Crippen LogP contribution in [-0.4, -0.2) is 48.3 Å². The zero-order valence-electron chi connectivity index (χ0n) is 11.5. The van der Waals surface area contributed by atoms with Gasteiger partial charge in [0, 0.05) is 26.1 Å². The van der Waals surface area contributed by atoms with Crippen molar-refractivity contribution in [2.45, 2.75) is 45.6 Å². The second kappa shape index (κ2) is 5.57. The number of hydrogen-bond donors (Lipinski definition) is 1. The number of carbonyl (C=O) groups is 1. The third kappa shape index (κ3) is 3.45. The lowest BCUT2D eigenvalue weighted by molar-refractivity contribution is -0.140. The molecular formula is C14H25NO3. The van der Waals surface area contributed by atoms with Gasteiger partial charge in [-0.05, 0) is 37.1 Å². The van der Waals surface area contributed by atoms with Gasteiger partial charge in [-0.2, -0.15) is 0 Å². The van der Waals surface area contributed by atoms with Crippen LogP contribution in [0.1, 0.15) is 39.5 Å². The summed E-state index contributed by atoms with van der Waals surface area (Å²) in [5, 5.41) is 8.96. The van der Waals surface area contributed by atoms with Crippen LogP contribution in [0.25, 0.3) is 0 Å². The summed E-state index contributed by atoms with van der Waals surface area (Å²) in [5.74, 6) is -0.364. The van der Waals surface area contributed by atoms with Crippen LogP contribution in [0.3, 0.4) is 0 Å². The van der Waals surface area contributed by atoms with Crippen molar-refractivity contribution >= 4 is 5.97 Å². The number of carboxylic acid groups (broad SMARTS) is 1. The van der Waals surface area contributed by atoms with Gasteiger partial charge in [-0.15, -0.1) is 0 Å². The fraction of sp³-hybridized carbons (Fsp3) is 0.929. The first-order valence-corrected chi connectivity index (χ1v) is 7.03. The summed E-state index contributed by atoms with van der Waals surface area (Å²) in [4.78, 5) is 13.3. The van der Waals surface area contributed by atoms with E-state index in [0.717, 1.165) is 32.7 Å². The standard InChI is InChI=1S/C14H25NO3/c1-14(2)10-15(9-12-4-3-7-18-12)6-5-11(14)8-13(16)17/h11-12H,3-10H2,1-2H3,(H,16,17). The maximum Gasteiger partial charge on any atom is 0.303 e. The van der Waals surface area contributed by atoms with E-state index in [1.165, 1.54) is 12.8 Å². The van der Waals surface area contributed by atoms with Gasteiger partial charge >= 0.3 is 5.97 Å². The molecule has 104 valence electrons. The first-order chi connectivity index (χ1) is 8.47. The Morgan fingerprint density at radius 1 is 1.44 bits per heavy atom. The summed E-state index contributed by atoms with van der Waals surface area (Å²) in [6, 6.07) is 0. The number of nitrogens with zero attached hydrogens (tertiary/aromatic N) is 1. The average Bonchev–Trinajstić information content (AvgIpc) is 2.74. The van der Waals surface area contributed by atoms with E-state index in [1.54, 1.807) is 0 Å². The molecular weight excluding hydrogens is 230 g/mol. The molecule has 0 spiro atoms. The van der Waals surface area contributed by atoms with E-state index in [2.05, 4.69) is 18.7 Å². The second-order valence-corrected chi connectivity index (χ2v) is 6.44. The number of rotatable bonds is 4. The SMILES string of the molecule is CC1(C)CN(CC2CCCO2)CCC1CC(=O)O. The van der Waals surface area contributed by atoms with Crippen LogP contribution in [0.4, 0.5) is 0 Å². The predicted octanol–water partition coefficient (Wildman–Crippen LogP) is 1.99. The summed E-state index contributed by atoms with van der Waals surface area (Å²) >= 11 is 0. The molecule has 2 fully saturated rings. The third-order valence-corrected chi connectivity index (χ3v) is 4.44. The lowest BCUT2D eigenvalue weighted by atomic mass is 9.72. The van der Waals surface area contributed by atoms with Crippen molar-refractivity contribution < 1.29 is 14.6 Å². The first kappa shape index (κ1) is 13.8. The number of carboxylic acids is 1. The van der Waals surface area contributed by atoms with E-state index in [4.69, 9.17) is 9.84 Å². The average molecular weight is 255 g/mol. The molecule has 2 atom stereocenters. The Bertz CT molecular complexity index is 297. The highest BCUT2D eigenvalue weighted by atomic mass is 16.5. The molecule has 2 heterocycles. The van der Waals surface area contributed by atoms with E-state index in [-0.39, 0.29) is 5.41 Å². The van der Waals surface area contributed by atoms with Gasteiger partial charge in [0.1, 0.15) is 0 Å². The predicted molar refractivity (Wildman–Crippen MR) is 69.6 cm³/mol. The third-order valence-electron chi connectivity index (χ3n) is 4.44. The molecule has 2 saturated heterocycles. The van der Waals surface area contributed by atoms with E-state index in [0.29, 0.717) is 18.4 Å². The van der Waals surface area contributed by atoms with E-state index >= 15 is 0 Å². The molecule has 0 aromatic rings. The van der Waals surface area contributed by atoms with Gasteiger partial charge in [0.15, 0.2) is 0 Å². The molecule has 0 aromatic carbocycles. The maximum absolute atomic E-state index is 10.9. The Balaban J connectivity index is 1.86. The molecule has 0 aromatic heterocycles. The number of piperidine rings is 1. The van der Waals surface area contributed by atoms with Gasteiger partial charge in [-0.3, -0.25) is 4.79 Å². The Hall–Kier alpha value is -0.610. The smallest absolute Gasteiger partial charge is 0.303 e. The fourth-order valence-electron chi connectivity index (χ4n) is 3.33. The van der Waals surface area contributed by atoms with Crippen LogP contribution in [0.15, 0.2) is 0 Å². The molecule has 0 saturated carbocycles. The fourth-order valence-corrected chi connectivity index (χ4v) is 3.33. The quantitative estimate of drug-likeness (QED) is 0.834. The van der Waals surface area contributed by atoms with Crippen LogP contribution >= 0.6 is 0 Å². The summed E-state index contributed by atoms with van der Waals surface area (Å²) in [7, 11) is 0. The molecule has 1 N–H and O–H groups in total. The number of hydrogen-bond acceptors (Lipinski definition) is 3. The molecule has 2 aliphatic heterocycles.